The van der Waals surface area contributed by atoms with Crippen molar-refractivity contribution >= 4 is 16.7 Å². The highest BCUT2D eigenvalue weighted by Gasteiger charge is 2.23. The second kappa shape index (κ2) is 5.45. The molecule has 20 heavy (non-hydrogen) atoms. The first kappa shape index (κ1) is 12.9. The molecule has 0 bridgehead atoms. The number of para-hydroxylation sites is 1. The van der Waals surface area contributed by atoms with Gasteiger partial charge < -0.3 is 9.72 Å². The minimum atomic E-state index is -0.431. The van der Waals surface area contributed by atoms with Gasteiger partial charge in [0.05, 0.1) is 19.2 Å². The number of rotatable bonds is 3. The number of nitrogens with one attached hydrogen (secondary N) is 1. The maximum Gasteiger partial charge on any atom is 0.178 e. The van der Waals surface area contributed by atoms with Gasteiger partial charge in [-0.15, -0.1) is 0 Å². The first-order valence-electron chi connectivity index (χ1n) is 6.61. The Labute approximate surface area is 116 Å². The van der Waals surface area contributed by atoms with Crippen LogP contribution in [0.3, 0.4) is 0 Å². The maximum absolute atomic E-state index is 12.4. The number of benzene rings is 1. The number of hydrogen-bond acceptors (Lipinski definition) is 4. The summed E-state index contributed by atoms with van der Waals surface area (Å²) in [6.07, 6.45) is 1.33. The van der Waals surface area contributed by atoms with Gasteiger partial charge in [0, 0.05) is 35.8 Å². The molecule has 1 N–H and O–H groups in total. The Morgan fingerprint density at radius 2 is 2.35 bits per heavy atom. The summed E-state index contributed by atoms with van der Waals surface area (Å²) in [5, 5.41) is 9.82. The minimum absolute atomic E-state index is 0.0704. The largest absolute Gasteiger partial charge is 0.361 e. The van der Waals surface area contributed by atoms with Crippen LogP contribution in [0.4, 0.5) is 0 Å². The van der Waals surface area contributed by atoms with E-state index in [9.17, 15) is 4.79 Å². The number of hydrogen-bond donors (Lipinski definition) is 1. The lowest BCUT2D eigenvalue weighted by Crippen LogP contribution is -2.44. The molecule has 1 unspecified atom stereocenters. The van der Waals surface area contributed by atoms with Crippen LogP contribution in [-0.4, -0.2) is 48.0 Å². The topological polar surface area (TPSA) is 69.1 Å². The summed E-state index contributed by atoms with van der Waals surface area (Å²) >= 11 is 0. The van der Waals surface area contributed by atoms with Gasteiger partial charge in [0.25, 0.3) is 0 Å². The van der Waals surface area contributed by atoms with Crippen LogP contribution >= 0.6 is 0 Å². The fourth-order valence-corrected chi connectivity index (χ4v) is 2.51. The molecule has 0 aliphatic carbocycles. The molecule has 1 fully saturated rings. The molecule has 3 rings (SSSR count). The number of ketones is 1. The average molecular weight is 269 g/mol. The van der Waals surface area contributed by atoms with Gasteiger partial charge in [-0.05, 0) is 6.07 Å². The zero-order chi connectivity index (χ0) is 13.9. The number of fused-ring (bicyclic) bond motifs is 1. The van der Waals surface area contributed by atoms with Gasteiger partial charge >= 0.3 is 0 Å². The van der Waals surface area contributed by atoms with Gasteiger partial charge in [-0.3, -0.25) is 9.69 Å². The zero-order valence-corrected chi connectivity index (χ0v) is 11.0. The number of morpholine rings is 1. The molecule has 0 amide bonds. The zero-order valence-electron chi connectivity index (χ0n) is 11.0. The molecule has 2 aromatic rings. The van der Waals surface area contributed by atoms with Crippen LogP contribution < -0.4 is 0 Å². The summed E-state index contributed by atoms with van der Waals surface area (Å²) in [7, 11) is 0. The van der Waals surface area contributed by atoms with Crippen molar-refractivity contribution in [2.24, 2.45) is 0 Å². The van der Waals surface area contributed by atoms with Crippen molar-refractivity contribution in [3.8, 4) is 6.07 Å². The number of nitrogens with zero attached hydrogens (tertiary/aromatic N) is 2. The predicted molar refractivity (Wildman–Crippen MR) is 74.4 cm³/mol. The third-order valence-electron chi connectivity index (χ3n) is 3.55. The molecule has 0 saturated carbocycles. The molecule has 1 aliphatic rings. The van der Waals surface area contributed by atoms with Crippen molar-refractivity contribution < 1.29 is 9.53 Å². The fraction of sp³-hybridized carbons (Fsp3) is 0.333. The number of aromatic amines is 1. The summed E-state index contributed by atoms with van der Waals surface area (Å²) in [4.78, 5) is 17.5. The Morgan fingerprint density at radius 3 is 3.20 bits per heavy atom. The molecule has 1 aliphatic heterocycles. The van der Waals surface area contributed by atoms with Crippen molar-refractivity contribution in [1.29, 1.82) is 5.26 Å². The number of H-pyrrole nitrogens is 1. The molecule has 2 heterocycles. The van der Waals surface area contributed by atoms with Gasteiger partial charge in [-0.25, -0.2) is 0 Å². The molecular formula is C15H15N3O2. The van der Waals surface area contributed by atoms with E-state index in [-0.39, 0.29) is 5.78 Å². The van der Waals surface area contributed by atoms with E-state index in [1.165, 1.54) is 0 Å². The standard InChI is InChI=1S/C15H15N3O2/c16-7-11-9-18(5-6-20-11)10-15(19)13-8-17-14-4-2-1-3-12(13)14/h1-4,8,11,17H,5-6,9-10H2. The quantitative estimate of drug-likeness (QED) is 0.859. The van der Waals surface area contributed by atoms with Crippen molar-refractivity contribution in [2.45, 2.75) is 6.10 Å². The SMILES string of the molecule is N#CC1CN(CC(=O)c2c[nH]c3ccccc23)CCO1. The first-order valence-corrected chi connectivity index (χ1v) is 6.61. The summed E-state index contributed by atoms with van der Waals surface area (Å²) < 4.78 is 5.28. The fourth-order valence-electron chi connectivity index (χ4n) is 2.51. The van der Waals surface area contributed by atoms with Gasteiger partial charge in [0.2, 0.25) is 0 Å². The Bertz CT molecular complexity index is 671. The van der Waals surface area contributed by atoms with Gasteiger partial charge in [-0.1, -0.05) is 18.2 Å². The summed E-state index contributed by atoms with van der Waals surface area (Å²) in [5.41, 5.74) is 1.67. The van der Waals surface area contributed by atoms with Crippen molar-refractivity contribution in [3.63, 3.8) is 0 Å². The highest BCUT2D eigenvalue weighted by atomic mass is 16.5. The molecular weight excluding hydrogens is 254 g/mol. The molecule has 1 aromatic carbocycles. The maximum atomic E-state index is 12.4. The second-order valence-corrected chi connectivity index (χ2v) is 4.89. The number of Topliss-reactive ketones (excluding diaryl/α,β-unsaturated/α-hetero) is 1. The smallest absolute Gasteiger partial charge is 0.178 e. The van der Waals surface area contributed by atoms with Crippen LogP contribution in [-0.2, 0) is 4.74 Å². The Hall–Kier alpha value is -2.16. The highest BCUT2D eigenvalue weighted by molar-refractivity contribution is 6.08. The summed E-state index contributed by atoms with van der Waals surface area (Å²) in [6, 6.07) is 9.84. The van der Waals surface area contributed by atoms with E-state index in [4.69, 9.17) is 10.00 Å². The monoisotopic (exact) mass is 269 g/mol. The molecule has 5 nitrogen and oxygen atoms in total. The lowest BCUT2D eigenvalue weighted by Gasteiger charge is -2.28. The van der Waals surface area contributed by atoms with Gasteiger partial charge in [-0.2, -0.15) is 5.26 Å². The predicted octanol–water partition coefficient (Wildman–Crippen LogP) is 1.57. The van der Waals surface area contributed by atoms with Crippen LogP contribution in [0.5, 0.6) is 0 Å². The number of carbonyl (C=O) groups excluding carboxylic acids is 1. The van der Waals surface area contributed by atoms with Crippen LogP contribution in [0.25, 0.3) is 10.9 Å². The lowest BCUT2D eigenvalue weighted by atomic mass is 10.1. The average Bonchev–Trinajstić information content (AvgIpc) is 2.91. The van der Waals surface area contributed by atoms with Gasteiger partial charge in [0.1, 0.15) is 0 Å². The molecule has 102 valence electrons. The second-order valence-electron chi connectivity index (χ2n) is 4.89. The van der Waals surface area contributed by atoms with Crippen LogP contribution in [0.15, 0.2) is 30.5 Å². The van der Waals surface area contributed by atoms with Crippen LogP contribution in [0.1, 0.15) is 10.4 Å². The lowest BCUT2D eigenvalue weighted by molar-refractivity contribution is 0.00243. The molecule has 1 aromatic heterocycles. The van der Waals surface area contributed by atoms with E-state index in [0.29, 0.717) is 31.8 Å². The summed E-state index contributed by atoms with van der Waals surface area (Å²) in [5.74, 6) is 0.0704. The Kier molecular flexibility index (Phi) is 3.50. The summed E-state index contributed by atoms with van der Waals surface area (Å²) in [6.45, 7) is 2.00. The number of aromatic nitrogens is 1. The van der Waals surface area contributed by atoms with Crippen LogP contribution in [0.2, 0.25) is 0 Å². The molecule has 0 radical (unpaired) electrons. The Morgan fingerprint density at radius 1 is 1.50 bits per heavy atom. The van der Waals surface area contributed by atoms with E-state index >= 15 is 0 Å². The molecule has 0 spiro atoms. The molecule has 1 saturated heterocycles. The molecule has 5 heteroatoms. The third-order valence-corrected chi connectivity index (χ3v) is 3.55. The highest BCUT2D eigenvalue weighted by Crippen LogP contribution is 2.18. The third kappa shape index (κ3) is 2.44. The normalized spacial score (nSPS) is 19.9. The van der Waals surface area contributed by atoms with Crippen molar-refractivity contribution in [3.05, 3.63) is 36.0 Å². The van der Waals surface area contributed by atoms with Crippen LogP contribution in [0, 0.1) is 11.3 Å². The van der Waals surface area contributed by atoms with E-state index < -0.39 is 6.10 Å². The number of ether oxygens (including phenoxy) is 1. The number of carbonyl (C=O) groups is 1. The van der Waals surface area contributed by atoms with E-state index in [1.807, 2.05) is 29.2 Å². The van der Waals surface area contributed by atoms with Crippen molar-refractivity contribution in [1.82, 2.24) is 9.88 Å². The Balaban J connectivity index is 1.75. The van der Waals surface area contributed by atoms with E-state index in [0.717, 1.165) is 10.9 Å². The number of nitriles is 1. The van der Waals surface area contributed by atoms with Crippen molar-refractivity contribution in [2.75, 3.05) is 26.2 Å². The van der Waals surface area contributed by atoms with E-state index in [1.54, 1.807) is 6.20 Å². The molecule has 1 atom stereocenters. The van der Waals surface area contributed by atoms with E-state index in [2.05, 4.69) is 11.1 Å². The van der Waals surface area contributed by atoms with Gasteiger partial charge in [0.15, 0.2) is 11.9 Å². The minimum Gasteiger partial charge on any atom is -0.361 e. The first-order chi connectivity index (χ1) is 9.78.